The van der Waals surface area contributed by atoms with Gasteiger partial charge in [0.05, 0.1) is 18.8 Å². The van der Waals surface area contributed by atoms with Crippen molar-refractivity contribution in [1.29, 1.82) is 0 Å². The predicted octanol–water partition coefficient (Wildman–Crippen LogP) is 0.937. The van der Waals surface area contributed by atoms with Gasteiger partial charge in [-0.1, -0.05) is 0 Å². The molecule has 0 unspecified atom stereocenters. The van der Waals surface area contributed by atoms with Gasteiger partial charge >= 0.3 is 0 Å². The molecule has 1 aromatic rings. The standard InChI is InChI=1S/C11H14F3NO2/c1-11(5-16,6-17)15-4-7-2-8(12)10(14)9(13)3-7/h2-3,15-17H,4-6H2,1H3. The minimum absolute atomic E-state index is 0.00569. The lowest BCUT2D eigenvalue weighted by atomic mass is 10.0. The zero-order valence-corrected chi connectivity index (χ0v) is 9.30. The van der Waals surface area contributed by atoms with Gasteiger partial charge in [-0.3, -0.25) is 0 Å². The maximum atomic E-state index is 12.9. The Bertz CT molecular complexity index is 371. The Morgan fingerprint density at radius 2 is 1.59 bits per heavy atom. The molecule has 0 aliphatic heterocycles. The summed E-state index contributed by atoms with van der Waals surface area (Å²) in [7, 11) is 0. The second-order valence-corrected chi connectivity index (χ2v) is 4.10. The third-order valence-electron chi connectivity index (χ3n) is 2.46. The van der Waals surface area contributed by atoms with Gasteiger partial charge in [-0.2, -0.15) is 0 Å². The van der Waals surface area contributed by atoms with Crippen LogP contribution in [0.3, 0.4) is 0 Å². The molecule has 0 radical (unpaired) electrons. The van der Waals surface area contributed by atoms with Crippen LogP contribution in [0.25, 0.3) is 0 Å². The molecule has 0 atom stereocenters. The molecule has 0 aliphatic carbocycles. The van der Waals surface area contributed by atoms with E-state index in [9.17, 15) is 13.2 Å². The highest BCUT2D eigenvalue weighted by Gasteiger charge is 2.21. The molecule has 0 bridgehead atoms. The van der Waals surface area contributed by atoms with Gasteiger partial charge in [0, 0.05) is 6.54 Å². The molecule has 0 heterocycles. The predicted molar refractivity (Wildman–Crippen MR) is 55.7 cm³/mol. The van der Waals surface area contributed by atoms with Gasteiger partial charge in [0.15, 0.2) is 17.5 Å². The summed E-state index contributed by atoms with van der Waals surface area (Å²) in [6.45, 7) is 0.875. The van der Waals surface area contributed by atoms with E-state index in [1.807, 2.05) is 0 Å². The topological polar surface area (TPSA) is 52.5 Å². The van der Waals surface area contributed by atoms with E-state index in [0.29, 0.717) is 0 Å². The number of nitrogens with one attached hydrogen (secondary N) is 1. The van der Waals surface area contributed by atoms with Crippen molar-refractivity contribution >= 4 is 0 Å². The Balaban J connectivity index is 2.76. The van der Waals surface area contributed by atoms with Crippen LogP contribution < -0.4 is 5.32 Å². The average Bonchev–Trinajstić information content (AvgIpc) is 2.32. The molecule has 96 valence electrons. The quantitative estimate of drug-likeness (QED) is 0.681. The van der Waals surface area contributed by atoms with Crippen LogP contribution in [0.5, 0.6) is 0 Å². The number of benzene rings is 1. The Morgan fingerprint density at radius 3 is 2.00 bits per heavy atom. The van der Waals surface area contributed by atoms with Gasteiger partial charge < -0.3 is 15.5 Å². The lowest BCUT2D eigenvalue weighted by Crippen LogP contribution is -2.48. The lowest BCUT2D eigenvalue weighted by Gasteiger charge is -2.26. The molecule has 0 aliphatic rings. The number of hydrogen-bond acceptors (Lipinski definition) is 3. The van der Waals surface area contributed by atoms with Crippen LogP contribution >= 0.6 is 0 Å². The molecule has 0 amide bonds. The van der Waals surface area contributed by atoms with Crippen LogP contribution in [-0.2, 0) is 6.54 Å². The van der Waals surface area contributed by atoms with Crippen molar-refractivity contribution < 1.29 is 23.4 Å². The van der Waals surface area contributed by atoms with Crippen molar-refractivity contribution in [2.24, 2.45) is 0 Å². The first-order valence-electron chi connectivity index (χ1n) is 5.02. The van der Waals surface area contributed by atoms with E-state index in [0.717, 1.165) is 12.1 Å². The van der Waals surface area contributed by atoms with Gasteiger partial charge in [-0.15, -0.1) is 0 Å². The normalized spacial score (nSPS) is 11.9. The van der Waals surface area contributed by atoms with Crippen molar-refractivity contribution in [1.82, 2.24) is 5.32 Å². The van der Waals surface area contributed by atoms with Crippen LogP contribution in [0.4, 0.5) is 13.2 Å². The molecular weight excluding hydrogens is 235 g/mol. The Kier molecular flexibility index (Phi) is 4.50. The van der Waals surface area contributed by atoms with E-state index in [1.54, 1.807) is 6.92 Å². The summed E-state index contributed by atoms with van der Waals surface area (Å²) >= 11 is 0. The van der Waals surface area contributed by atoms with E-state index < -0.39 is 23.0 Å². The minimum Gasteiger partial charge on any atom is -0.394 e. The largest absolute Gasteiger partial charge is 0.394 e. The van der Waals surface area contributed by atoms with Gasteiger partial charge in [0.2, 0.25) is 0 Å². The second kappa shape index (κ2) is 5.48. The van der Waals surface area contributed by atoms with Crippen LogP contribution in [0.15, 0.2) is 12.1 Å². The fourth-order valence-corrected chi connectivity index (χ4v) is 1.19. The van der Waals surface area contributed by atoms with Gasteiger partial charge in [0.1, 0.15) is 0 Å². The lowest BCUT2D eigenvalue weighted by molar-refractivity contribution is 0.103. The van der Waals surface area contributed by atoms with Crippen molar-refractivity contribution in [3.05, 3.63) is 35.1 Å². The molecule has 0 fully saturated rings. The first-order chi connectivity index (χ1) is 7.91. The Labute approximate surface area is 96.9 Å². The van der Waals surface area contributed by atoms with Crippen LogP contribution in [-0.4, -0.2) is 29.0 Å². The summed E-state index contributed by atoms with van der Waals surface area (Å²) < 4.78 is 38.4. The van der Waals surface area contributed by atoms with Gasteiger partial charge in [0.25, 0.3) is 0 Å². The molecular formula is C11H14F3NO2. The third-order valence-corrected chi connectivity index (χ3v) is 2.46. The smallest absolute Gasteiger partial charge is 0.194 e. The fraction of sp³-hybridized carbons (Fsp3) is 0.455. The number of halogens is 3. The van der Waals surface area contributed by atoms with Gasteiger partial charge in [-0.05, 0) is 24.6 Å². The summed E-state index contributed by atoms with van der Waals surface area (Å²) in [6, 6.07) is 1.72. The fourth-order valence-electron chi connectivity index (χ4n) is 1.19. The number of rotatable bonds is 5. The van der Waals surface area contributed by atoms with Crippen LogP contribution in [0.1, 0.15) is 12.5 Å². The molecule has 0 saturated heterocycles. The van der Waals surface area contributed by atoms with Crippen molar-refractivity contribution in [2.75, 3.05) is 13.2 Å². The summed E-state index contributed by atoms with van der Waals surface area (Å²) in [5.41, 5.74) is -0.768. The summed E-state index contributed by atoms with van der Waals surface area (Å²) in [5, 5.41) is 20.7. The summed E-state index contributed by atoms with van der Waals surface area (Å²) in [5.74, 6) is -4.05. The molecule has 0 saturated carbocycles. The van der Waals surface area contributed by atoms with E-state index in [1.165, 1.54) is 0 Å². The summed E-state index contributed by atoms with van der Waals surface area (Å²) in [6.07, 6.45) is 0. The molecule has 1 aromatic carbocycles. The molecule has 0 aromatic heterocycles. The first kappa shape index (κ1) is 14.0. The minimum atomic E-state index is -1.51. The van der Waals surface area contributed by atoms with E-state index in [-0.39, 0.29) is 25.3 Å². The maximum absolute atomic E-state index is 12.9. The molecule has 3 nitrogen and oxygen atoms in total. The molecule has 17 heavy (non-hydrogen) atoms. The van der Waals surface area contributed by atoms with E-state index >= 15 is 0 Å². The SMILES string of the molecule is CC(CO)(CO)NCc1cc(F)c(F)c(F)c1. The van der Waals surface area contributed by atoms with Crippen LogP contribution in [0, 0.1) is 17.5 Å². The highest BCUT2D eigenvalue weighted by molar-refractivity contribution is 5.19. The molecule has 6 heteroatoms. The highest BCUT2D eigenvalue weighted by Crippen LogP contribution is 2.14. The Morgan fingerprint density at radius 1 is 1.12 bits per heavy atom. The first-order valence-corrected chi connectivity index (χ1v) is 5.02. The number of hydrogen-bond donors (Lipinski definition) is 3. The van der Waals surface area contributed by atoms with Crippen LogP contribution in [0.2, 0.25) is 0 Å². The molecule has 3 N–H and O–H groups in total. The van der Waals surface area contributed by atoms with Crippen molar-refractivity contribution in [2.45, 2.75) is 19.0 Å². The van der Waals surface area contributed by atoms with Crippen molar-refractivity contribution in [3.8, 4) is 0 Å². The third kappa shape index (κ3) is 3.42. The van der Waals surface area contributed by atoms with E-state index in [4.69, 9.17) is 10.2 Å². The van der Waals surface area contributed by atoms with Gasteiger partial charge in [-0.25, -0.2) is 13.2 Å². The Hall–Kier alpha value is -1.11. The zero-order valence-electron chi connectivity index (χ0n) is 9.30. The average molecular weight is 249 g/mol. The highest BCUT2D eigenvalue weighted by atomic mass is 19.2. The second-order valence-electron chi connectivity index (χ2n) is 4.10. The zero-order chi connectivity index (χ0) is 13.1. The number of aliphatic hydroxyl groups is 2. The van der Waals surface area contributed by atoms with E-state index in [2.05, 4.69) is 5.32 Å². The number of aliphatic hydroxyl groups excluding tert-OH is 2. The maximum Gasteiger partial charge on any atom is 0.194 e. The monoisotopic (exact) mass is 249 g/mol. The summed E-state index contributed by atoms with van der Waals surface area (Å²) in [4.78, 5) is 0. The van der Waals surface area contributed by atoms with Crippen molar-refractivity contribution in [3.63, 3.8) is 0 Å². The molecule has 0 spiro atoms. The molecule has 1 rings (SSSR count).